The Labute approximate surface area is 112 Å². The van der Waals surface area contributed by atoms with Gasteiger partial charge in [0.2, 0.25) is 5.91 Å². The number of nitrogens with two attached hydrogens (primary N) is 1. The molecule has 0 atom stereocenters. The van der Waals surface area contributed by atoms with Crippen LogP contribution in [0, 0.1) is 0 Å². The Morgan fingerprint density at radius 3 is 2.89 bits per heavy atom. The van der Waals surface area contributed by atoms with Gasteiger partial charge in [-0.05, 0) is 44.5 Å². The van der Waals surface area contributed by atoms with Gasteiger partial charge in [0, 0.05) is 11.4 Å². The van der Waals surface area contributed by atoms with Gasteiger partial charge in [-0.3, -0.25) is 4.79 Å². The van der Waals surface area contributed by atoms with Gasteiger partial charge < -0.3 is 15.8 Å². The molecule has 100 valence electrons. The number of carbonyl (C=O) groups is 1. The van der Waals surface area contributed by atoms with Crippen LogP contribution in [0.25, 0.3) is 0 Å². The van der Waals surface area contributed by atoms with E-state index in [1.165, 1.54) is 0 Å². The molecule has 0 aliphatic carbocycles. The normalized spacial score (nSPS) is 10.2. The molecule has 3 N–H and O–H groups in total. The summed E-state index contributed by atoms with van der Waals surface area (Å²) in [5.74, 6) is 0.584. The van der Waals surface area contributed by atoms with Crippen LogP contribution in [-0.2, 0) is 4.79 Å². The fourth-order valence-corrected chi connectivity index (χ4v) is 1.70. The van der Waals surface area contributed by atoms with Crippen LogP contribution in [0.5, 0.6) is 5.75 Å². The van der Waals surface area contributed by atoms with Gasteiger partial charge in [0.1, 0.15) is 5.75 Å². The smallest absolute Gasteiger partial charge is 0.224 e. The van der Waals surface area contributed by atoms with Crippen LogP contribution in [0.1, 0.15) is 26.2 Å². The van der Waals surface area contributed by atoms with Crippen molar-refractivity contribution in [2.75, 3.05) is 18.5 Å². The average Bonchev–Trinajstić information content (AvgIpc) is 2.33. The van der Waals surface area contributed by atoms with Crippen molar-refractivity contribution in [3.05, 3.63) is 23.2 Å². The third kappa shape index (κ3) is 4.94. The highest BCUT2D eigenvalue weighted by Crippen LogP contribution is 2.28. The summed E-state index contributed by atoms with van der Waals surface area (Å²) >= 11 is 5.90. The minimum Gasteiger partial charge on any atom is -0.492 e. The van der Waals surface area contributed by atoms with Gasteiger partial charge in [-0.2, -0.15) is 0 Å². The van der Waals surface area contributed by atoms with Crippen molar-refractivity contribution in [1.29, 1.82) is 0 Å². The zero-order valence-electron chi connectivity index (χ0n) is 10.5. The fourth-order valence-electron chi connectivity index (χ4n) is 1.52. The first-order valence-electron chi connectivity index (χ1n) is 6.09. The molecule has 0 heterocycles. The first-order chi connectivity index (χ1) is 8.67. The van der Waals surface area contributed by atoms with Crippen molar-refractivity contribution in [3.8, 4) is 5.75 Å². The van der Waals surface area contributed by atoms with E-state index in [4.69, 9.17) is 22.1 Å². The molecule has 0 unspecified atom stereocenters. The molecular formula is C13H19ClN2O2. The summed E-state index contributed by atoms with van der Waals surface area (Å²) in [7, 11) is 0. The lowest BCUT2D eigenvalue weighted by molar-refractivity contribution is -0.116. The summed E-state index contributed by atoms with van der Waals surface area (Å²) in [4.78, 5) is 11.7. The molecule has 1 aromatic rings. The van der Waals surface area contributed by atoms with Crippen molar-refractivity contribution in [3.63, 3.8) is 0 Å². The fraction of sp³-hybridized carbons (Fsp3) is 0.462. The molecule has 0 radical (unpaired) electrons. The van der Waals surface area contributed by atoms with Gasteiger partial charge >= 0.3 is 0 Å². The molecule has 0 saturated carbocycles. The first-order valence-corrected chi connectivity index (χ1v) is 6.47. The van der Waals surface area contributed by atoms with Crippen LogP contribution in [0.3, 0.4) is 0 Å². The molecule has 1 rings (SSSR count). The second-order valence-corrected chi connectivity index (χ2v) is 4.30. The number of anilines is 1. The second-order valence-electron chi connectivity index (χ2n) is 3.87. The van der Waals surface area contributed by atoms with Crippen molar-refractivity contribution in [2.45, 2.75) is 26.2 Å². The molecule has 1 amide bonds. The molecule has 18 heavy (non-hydrogen) atoms. The molecule has 0 saturated heterocycles. The minimum atomic E-state index is -0.0494. The van der Waals surface area contributed by atoms with E-state index < -0.39 is 0 Å². The van der Waals surface area contributed by atoms with Gasteiger partial charge in [0.15, 0.2) is 0 Å². The van der Waals surface area contributed by atoms with Gasteiger partial charge in [-0.1, -0.05) is 11.6 Å². The maximum Gasteiger partial charge on any atom is 0.224 e. The van der Waals surface area contributed by atoms with E-state index >= 15 is 0 Å². The lowest BCUT2D eigenvalue weighted by Gasteiger charge is -2.11. The highest BCUT2D eigenvalue weighted by atomic mass is 35.5. The highest BCUT2D eigenvalue weighted by Gasteiger charge is 2.08. The molecule has 0 spiro atoms. The van der Waals surface area contributed by atoms with E-state index in [9.17, 15) is 4.79 Å². The third-order valence-electron chi connectivity index (χ3n) is 2.37. The SMILES string of the molecule is CCOc1ccc(Cl)cc1NC(=O)CCCCN. The maximum absolute atomic E-state index is 11.7. The van der Waals surface area contributed by atoms with E-state index in [2.05, 4.69) is 5.32 Å². The molecule has 0 aliphatic heterocycles. The van der Waals surface area contributed by atoms with Crippen molar-refractivity contribution < 1.29 is 9.53 Å². The van der Waals surface area contributed by atoms with Crippen LogP contribution < -0.4 is 15.8 Å². The van der Waals surface area contributed by atoms with Gasteiger partial charge in [-0.15, -0.1) is 0 Å². The Kier molecular flexibility index (Phi) is 6.54. The largest absolute Gasteiger partial charge is 0.492 e. The quantitative estimate of drug-likeness (QED) is 0.749. The molecular weight excluding hydrogens is 252 g/mol. The van der Waals surface area contributed by atoms with Crippen molar-refractivity contribution in [1.82, 2.24) is 0 Å². The number of hydrogen-bond acceptors (Lipinski definition) is 3. The Morgan fingerprint density at radius 1 is 1.44 bits per heavy atom. The Balaban J connectivity index is 2.63. The van der Waals surface area contributed by atoms with Crippen LogP contribution in [0.2, 0.25) is 5.02 Å². The number of unbranched alkanes of at least 4 members (excludes halogenated alkanes) is 1. The lowest BCUT2D eigenvalue weighted by atomic mass is 10.2. The number of halogens is 1. The number of ether oxygens (including phenoxy) is 1. The average molecular weight is 271 g/mol. The van der Waals surface area contributed by atoms with E-state index in [1.54, 1.807) is 18.2 Å². The number of rotatable bonds is 7. The first kappa shape index (κ1) is 14.8. The zero-order valence-corrected chi connectivity index (χ0v) is 11.3. The predicted octanol–water partition coefficient (Wildman–Crippen LogP) is 2.81. The van der Waals surface area contributed by atoms with Gasteiger partial charge in [-0.25, -0.2) is 0 Å². The lowest BCUT2D eigenvalue weighted by Crippen LogP contribution is -2.13. The maximum atomic E-state index is 11.7. The van der Waals surface area contributed by atoms with Gasteiger partial charge in [0.25, 0.3) is 0 Å². The van der Waals surface area contributed by atoms with Crippen LogP contribution in [0.4, 0.5) is 5.69 Å². The molecule has 0 aliphatic rings. The summed E-state index contributed by atoms with van der Waals surface area (Å²) in [5.41, 5.74) is 5.99. The number of hydrogen-bond donors (Lipinski definition) is 2. The van der Waals surface area contributed by atoms with Crippen LogP contribution in [0.15, 0.2) is 18.2 Å². The number of carbonyl (C=O) groups excluding carboxylic acids is 1. The third-order valence-corrected chi connectivity index (χ3v) is 2.61. The number of nitrogens with one attached hydrogen (secondary N) is 1. The van der Waals surface area contributed by atoms with Crippen LogP contribution >= 0.6 is 11.6 Å². The Morgan fingerprint density at radius 2 is 2.22 bits per heavy atom. The number of amides is 1. The molecule has 5 heteroatoms. The van der Waals surface area contributed by atoms with Crippen molar-refractivity contribution >= 4 is 23.2 Å². The van der Waals surface area contributed by atoms with E-state index in [1.807, 2.05) is 6.92 Å². The van der Waals surface area contributed by atoms with Crippen molar-refractivity contribution in [2.24, 2.45) is 5.73 Å². The summed E-state index contributed by atoms with van der Waals surface area (Å²) in [6, 6.07) is 5.17. The van der Waals surface area contributed by atoms with E-state index in [0.717, 1.165) is 12.8 Å². The zero-order chi connectivity index (χ0) is 13.4. The van der Waals surface area contributed by atoms with Gasteiger partial charge in [0.05, 0.1) is 12.3 Å². The topological polar surface area (TPSA) is 64.3 Å². The Hall–Kier alpha value is -1.26. The summed E-state index contributed by atoms with van der Waals surface area (Å²) < 4.78 is 5.43. The van der Waals surface area contributed by atoms with Crippen LogP contribution in [-0.4, -0.2) is 19.1 Å². The highest BCUT2D eigenvalue weighted by molar-refractivity contribution is 6.31. The summed E-state index contributed by atoms with van der Waals surface area (Å²) in [5, 5.41) is 3.37. The predicted molar refractivity (Wildman–Crippen MR) is 74.2 cm³/mol. The molecule has 1 aromatic carbocycles. The standard InChI is InChI=1S/C13H19ClN2O2/c1-2-18-12-7-6-10(14)9-11(12)16-13(17)5-3-4-8-15/h6-7,9H,2-5,8,15H2,1H3,(H,16,17). The summed E-state index contributed by atoms with van der Waals surface area (Å²) in [6.45, 7) is 3.04. The molecule has 0 bridgehead atoms. The molecule has 4 nitrogen and oxygen atoms in total. The minimum absolute atomic E-state index is 0.0494. The van der Waals surface area contributed by atoms with E-state index in [-0.39, 0.29) is 5.91 Å². The summed E-state index contributed by atoms with van der Waals surface area (Å²) in [6.07, 6.45) is 2.09. The number of benzene rings is 1. The monoisotopic (exact) mass is 270 g/mol. The Bertz CT molecular complexity index is 397. The second kappa shape index (κ2) is 7.95. The molecule has 0 aromatic heterocycles. The molecule has 0 fully saturated rings. The van der Waals surface area contributed by atoms with E-state index in [0.29, 0.717) is 36.0 Å².